The molecule has 2 amide bonds. The van der Waals surface area contributed by atoms with Crippen LogP contribution in [0, 0.1) is 0 Å². The minimum atomic E-state index is -3.77. The molecule has 0 bridgehead atoms. The van der Waals surface area contributed by atoms with Gasteiger partial charge in [0.25, 0.3) is 5.91 Å². The number of nitrogens with zero attached hydrogens (tertiary/aromatic N) is 3. The van der Waals surface area contributed by atoms with Crippen molar-refractivity contribution in [3.8, 4) is 5.75 Å². The summed E-state index contributed by atoms with van der Waals surface area (Å²) in [5.74, 6) is 0.359. The maximum absolute atomic E-state index is 12.9. The lowest BCUT2D eigenvalue weighted by Crippen LogP contribution is -2.49. The Labute approximate surface area is 187 Å². The van der Waals surface area contributed by atoms with Crippen LogP contribution in [0.25, 0.3) is 0 Å². The first-order chi connectivity index (χ1) is 15.4. The van der Waals surface area contributed by atoms with E-state index in [1.165, 1.54) is 24.3 Å². The fourth-order valence-electron chi connectivity index (χ4n) is 3.88. The first kappa shape index (κ1) is 22.1. The fraction of sp³-hybridized carbons (Fsp3) is 0.364. The van der Waals surface area contributed by atoms with Crippen molar-refractivity contribution < 1.29 is 22.7 Å². The Balaban J connectivity index is 1.38. The average Bonchev–Trinajstić information content (AvgIpc) is 2.84. The summed E-state index contributed by atoms with van der Waals surface area (Å²) >= 11 is 0. The van der Waals surface area contributed by atoms with Crippen LogP contribution >= 0.6 is 0 Å². The molecule has 170 valence electrons. The van der Waals surface area contributed by atoms with Crippen LogP contribution in [-0.2, 0) is 14.8 Å². The molecule has 1 N–H and O–H groups in total. The van der Waals surface area contributed by atoms with Crippen molar-refractivity contribution in [2.24, 2.45) is 0 Å². The van der Waals surface area contributed by atoms with Crippen molar-refractivity contribution in [3.05, 3.63) is 54.1 Å². The van der Waals surface area contributed by atoms with Gasteiger partial charge in [0, 0.05) is 50.5 Å². The summed E-state index contributed by atoms with van der Waals surface area (Å²) < 4.78 is 31.9. The maximum Gasteiger partial charge on any atom is 0.253 e. The zero-order valence-electron chi connectivity index (χ0n) is 17.9. The molecule has 0 unspecified atom stereocenters. The molecule has 0 aromatic heterocycles. The number of benzene rings is 2. The lowest BCUT2D eigenvalue weighted by atomic mass is 10.1. The Bertz CT molecular complexity index is 1080. The number of piperazine rings is 2. The zero-order valence-corrected chi connectivity index (χ0v) is 18.7. The first-order valence-electron chi connectivity index (χ1n) is 10.4. The van der Waals surface area contributed by atoms with Crippen LogP contribution in [0.5, 0.6) is 5.75 Å². The minimum Gasteiger partial charge on any atom is -0.497 e. The number of carbonyl (C=O) groups is 2. The van der Waals surface area contributed by atoms with Crippen LogP contribution in [0.2, 0.25) is 0 Å². The summed E-state index contributed by atoms with van der Waals surface area (Å²) in [4.78, 5) is 28.5. The van der Waals surface area contributed by atoms with Crippen LogP contribution in [0.3, 0.4) is 0 Å². The van der Waals surface area contributed by atoms with Crippen molar-refractivity contribution in [1.29, 1.82) is 0 Å². The quantitative estimate of drug-likeness (QED) is 0.711. The summed E-state index contributed by atoms with van der Waals surface area (Å²) in [6.07, 6.45) is 0. The molecule has 2 saturated heterocycles. The van der Waals surface area contributed by atoms with Gasteiger partial charge < -0.3 is 19.9 Å². The van der Waals surface area contributed by atoms with Crippen molar-refractivity contribution in [1.82, 2.24) is 14.5 Å². The van der Waals surface area contributed by atoms with Gasteiger partial charge in [-0.25, -0.2) is 8.42 Å². The van der Waals surface area contributed by atoms with Gasteiger partial charge in [-0.1, -0.05) is 0 Å². The largest absolute Gasteiger partial charge is 0.497 e. The predicted octanol–water partition coefficient (Wildman–Crippen LogP) is 0.778. The van der Waals surface area contributed by atoms with Crippen LogP contribution in [0.4, 0.5) is 5.69 Å². The van der Waals surface area contributed by atoms with Gasteiger partial charge in [-0.15, -0.1) is 0 Å². The maximum atomic E-state index is 12.9. The van der Waals surface area contributed by atoms with Gasteiger partial charge >= 0.3 is 0 Å². The van der Waals surface area contributed by atoms with E-state index in [-0.39, 0.29) is 36.3 Å². The number of hydrogen-bond acceptors (Lipinski definition) is 6. The molecule has 2 fully saturated rings. The number of nitrogens with one attached hydrogen (secondary N) is 1. The molecule has 2 aromatic rings. The first-order valence-corrected chi connectivity index (χ1v) is 11.9. The predicted molar refractivity (Wildman–Crippen MR) is 119 cm³/mol. The van der Waals surface area contributed by atoms with Gasteiger partial charge in [0.2, 0.25) is 15.9 Å². The Morgan fingerprint density at radius 2 is 1.59 bits per heavy atom. The van der Waals surface area contributed by atoms with E-state index in [1.54, 1.807) is 12.0 Å². The number of methoxy groups -OCH3 is 1. The van der Waals surface area contributed by atoms with Gasteiger partial charge in [0.05, 0.1) is 18.6 Å². The molecule has 2 aliphatic rings. The molecule has 0 radical (unpaired) electrons. The van der Waals surface area contributed by atoms with Gasteiger partial charge in [0.15, 0.2) is 0 Å². The lowest BCUT2D eigenvalue weighted by Gasteiger charge is -2.36. The number of carbonyl (C=O) groups excluding carboxylic acids is 2. The van der Waals surface area contributed by atoms with E-state index in [2.05, 4.69) is 10.2 Å². The fourth-order valence-corrected chi connectivity index (χ4v) is 5.28. The molecule has 10 heteroatoms. The molecule has 2 heterocycles. The number of hydrogen-bond donors (Lipinski definition) is 1. The highest BCUT2D eigenvalue weighted by molar-refractivity contribution is 7.89. The summed E-state index contributed by atoms with van der Waals surface area (Å²) in [7, 11) is -2.14. The summed E-state index contributed by atoms with van der Waals surface area (Å²) in [6, 6.07) is 13.8. The van der Waals surface area contributed by atoms with E-state index < -0.39 is 10.0 Å². The Morgan fingerprint density at radius 1 is 0.938 bits per heavy atom. The number of anilines is 1. The summed E-state index contributed by atoms with van der Waals surface area (Å²) in [5, 5.41) is 2.61. The molecule has 0 aliphatic carbocycles. The molecular formula is C22H26N4O5S. The third-order valence-corrected chi connectivity index (χ3v) is 7.61. The van der Waals surface area contributed by atoms with Crippen LogP contribution in [0.1, 0.15) is 10.4 Å². The highest BCUT2D eigenvalue weighted by Crippen LogP contribution is 2.22. The molecular weight excluding hydrogens is 432 g/mol. The Kier molecular flexibility index (Phi) is 6.33. The highest BCUT2D eigenvalue weighted by atomic mass is 32.2. The smallest absolute Gasteiger partial charge is 0.253 e. The third kappa shape index (κ3) is 4.56. The van der Waals surface area contributed by atoms with E-state index in [0.29, 0.717) is 31.7 Å². The van der Waals surface area contributed by atoms with Gasteiger partial charge in [-0.05, 0) is 48.5 Å². The van der Waals surface area contributed by atoms with Gasteiger partial charge in [-0.3, -0.25) is 9.59 Å². The second kappa shape index (κ2) is 9.17. The highest BCUT2D eigenvalue weighted by Gasteiger charge is 2.29. The average molecular weight is 459 g/mol. The normalized spacial score (nSPS) is 17.7. The topological polar surface area (TPSA) is 99.3 Å². The van der Waals surface area contributed by atoms with E-state index in [9.17, 15) is 18.0 Å². The third-order valence-electron chi connectivity index (χ3n) is 5.75. The van der Waals surface area contributed by atoms with Crippen LogP contribution < -0.4 is 15.0 Å². The Hall–Kier alpha value is -3.11. The second-order valence-electron chi connectivity index (χ2n) is 7.69. The number of rotatable bonds is 5. The minimum absolute atomic E-state index is 0.0769. The van der Waals surface area contributed by atoms with Crippen molar-refractivity contribution in [2.75, 3.05) is 57.8 Å². The molecule has 0 spiro atoms. The summed E-state index contributed by atoms with van der Waals surface area (Å²) in [6.45, 7) is 2.90. The van der Waals surface area contributed by atoms with Crippen molar-refractivity contribution >= 4 is 27.5 Å². The van der Waals surface area contributed by atoms with E-state index in [1.807, 2.05) is 24.3 Å². The second-order valence-corrected chi connectivity index (χ2v) is 9.63. The van der Waals surface area contributed by atoms with E-state index in [4.69, 9.17) is 4.74 Å². The van der Waals surface area contributed by atoms with Crippen molar-refractivity contribution in [3.63, 3.8) is 0 Å². The summed E-state index contributed by atoms with van der Waals surface area (Å²) in [5.41, 5.74) is 1.53. The molecule has 0 saturated carbocycles. The van der Waals surface area contributed by atoms with Crippen LogP contribution in [0.15, 0.2) is 53.4 Å². The van der Waals surface area contributed by atoms with E-state index >= 15 is 0 Å². The number of ether oxygens (including phenoxy) is 1. The molecule has 32 heavy (non-hydrogen) atoms. The molecule has 4 rings (SSSR count). The van der Waals surface area contributed by atoms with Crippen molar-refractivity contribution in [2.45, 2.75) is 4.90 Å². The van der Waals surface area contributed by atoms with E-state index in [0.717, 1.165) is 15.7 Å². The van der Waals surface area contributed by atoms with Crippen LogP contribution in [-0.4, -0.2) is 82.4 Å². The molecule has 0 atom stereocenters. The zero-order chi connectivity index (χ0) is 22.7. The lowest BCUT2D eigenvalue weighted by molar-refractivity contribution is -0.122. The van der Waals surface area contributed by atoms with Gasteiger partial charge in [0.1, 0.15) is 5.75 Å². The number of amides is 2. The molecule has 2 aromatic carbocycles. The molecule has 2 aliphatic heterocycles. The Morgan fingerprint density at radius 3 is 2.19 bits per heavy atom. The number of sulfonamides is 1. The standard InChI is InChI=1S/C22H26N4O5S/c1-31-19-6-4-18(5-7-19)24-12-14-25(15-13-24)22(28)17-2-8-20(9-3-17)32(29,30)26-11-10-23-21(27)16-26/h2-9H,10-16H2,1H3,(H,23,27). The SMILES string of the molecule is COc1ccc(N2CCN(C(=O)c3ccc(S(=O)(=O)N4CCNC(=O)C4)cc3)CC2)cc1. The molecule has 9 nitrogen and oxygen atoms in total. The van der Waals surface area contributed by atoms with Gasteiger partial charge in [-0.2, -0.15) is 4.31 Å². The monoisotopic (exact) mass is 458 g/mol.